The Bertz CT molecular complexity index is 491. The smallest absolute Gasteiger partial charge is 0.331 e. The van der Waals surface area contributed by atoms with E-state index in [1.54, 1.807) is 24.5 Å². The van der Waals surface area contributed by atoms with Gasteiger partial charge in [-0.1, -0.05) is 6.92 Å². The van der Waals surface area contributed by atoms with Crippen LogP contribution in [0.4, 0.5) is 10.5 Å². The van der Waals surface area contributed by atoms with Crippen molar-refractivity contribution in [3.63, 3.8) is 0 Å². The van der Waals surface area contributed by atoms with Gasteiger partial charge in [-0.25, -0.2) is 9.78 Å². The van der Waals surface area contributed by atoms with Crippen LogP contribution in [0, 0.1) is 0 Å². The van der Waals surface area contributed by atoms with E-state index in [1.165, 1.54) is 10.9 Å². The second kappa shape index (κ2) is 5.86. The van der Waals surface area contributed by atoms with Crippen LogP contribution in [0.3, 0.4) is 0 Å². The number of aromatic nitrogens is 2. The number of amides is 1. The topological polar surface area (TPSA) is 56.1 Å². The molecule has 0 fully saturated rings. The van der Waals surface area contributed by atoms with Crippen molar-refractivity contribution < 1.29 is 9.53 Å². The molecule has 0 spiro atoms. The number of imidazole rings is 1. The number of benzene rings is 1. The predicted octanol–water partition coefficient (Wildman–Crippen LogP) is 2.75. The van der Waals surface area contributed by atoms with Gasteiger partial charge in [0.25, 0.3) is 0 Å². The molecule has 0 radical (unpaired) electrons. The number of carbonyl (C=O) groups excluding carboxylic acids is 1. The summed E-state index contributed by atoms with van der Waals surface area (Å²) >= 11 is 0. The third kappa shape index (κ3) is 3.10. The van der Waals surface area contributed by atoms with Crippen molar-refractivity contribution >= 4 is 11.7 Å². The zero-order valence-corrected chi connectivity index (χ0v) is 10.2. The van der Waals surface area contributed by atoms with E-state index in [0.717, 1.165) is 17.9 Å². The molecule has 0 saturated carbocycles. The molecule has 0 atom stereocenters. The summed E-state index contributed by atoms with van der Waals surface area (Å²) in [7, 11) is 0. The van der Waals surface area contributed by atoms with Crippen LogP contribution in [0.25, 0.3) is 0 Å². The van der Waals surface area contributed by atoms with Gasteiger partial charge in [-0.3, -0.25) is 4.57 Å². The molecular formula is C13H15N3O2. The van der Waals surface area contributed by atoms with Gasteiger partial charge in [0.2, 0.25) is 0 Å². The van der Waals surface area contributed by atoms with Gasteiger partial charge in [0.05, 0.1) is 6.61 Å². The molecule has 1 aromatic heterocycles. The maximum Gasteiger partial charge on any atom is 0.331 e. The van der Waals surface area contributed by atoms with Crippen LogP contribution in [0.5, 0.6) is 5.75 Å². The number of ether oxygens (including phenoxy) is 1. The molecule has 0 unspecified atom stereocenters. The van der Waals surface area contributed by atoms with E-state index in [2.05, 4.69) is 17.2 Å². The minimum atomic E-state index is -0.241. The highest BCUT2D eigenvalue weighted by atomic mass is 16.5. The first-order valence-corrected chi connectivity index (χ1v) is 5.82. The van der Waals surface area contributed by atoms with Crippen LogP contribution in [0.2, 0.25) is 0 Å². The Morgan fingerprint density at radius 3 is 2.78 bits per heavy atom. The van der Waals surface area contributed by atoms with Gasteiger partial charge < -0.3 is 10.1 Å². The van der Waals surface area contributed by atoms with E-state index in [9.17, 15) is 4.79 Å². The molecule has 0 aliphatic carbocycles. The number of hydrogen-bond acceptors (Lipinski definition) is 3. The van der Waals surface area contributed by atoms with Gasteiger partial charge in [0.15, 0.2) is 0 Å². The molecule has 1 N–H and O–H groups in total. The molecule has 1 aromatic carbocycles. The second-order valence-corrected chi connectivity index (χ2v) is 3.77. The average Bonchev–Trinajstić information content (AvgIpc) is 2.92. The predicted molar refractivity (Wildman–Crippen MR) is 68.9 cm³/mol. The quantitative estimate of drug-likeness (QED) is 0.901. The van der Waals surface area contributed by atoms with Crippen molar-refractivity contribution in [3.05, 3.63) is 43.0 Å². The molecule has 5 nitrogen and oxygen atoms in total. The number of rotatable bonds is 4. The molecule has 2 aromatic rings. The molecule has 1 heterocycles. The summed E-state index contributed by atoms with van der Waals surface area (Å²) in [5, 5.41) is 2.76. The molecule has 0 aliphatic rings. The first-order valence-electron chi connectivity index (χ1n) is 5.82. The van der Waals surface area contributed by atoms with Crippen molar-refractivity contribution in [2.45, 2.75) is 13.3 Å². The van der Waals surface area contributed by atoms with E-state index in [4.69, 9.17) is 4.74 Å². The number of anilines is 1. The Balaban J connectivity index is 1.96. The van der Waals surface area contributed by atoms with Crippen LogP contribution in [0.1, 0.15) is 13.3 Å². The highest BCUT2D eigenvalue weighted by Crippen LogP contribution is 2.16. The van der Waals surface area contributed by atoms with E-state index in [0.29, 0.717) is 6.61 Å². The molecule has 18 heavy (non-hydrogen) atoms. The number of nitrogens with zero attached hydrogens (tertiary/aromatic N) is 2. The monoisotopic (exact) mass is 245 g/mol. The molecular weight excluding hydrogens is 230 g/mol. The summed E-state index contributed by atoms with van der Waals surface area (Å²) in [4.78, 5) is 15.5. The molecule has 0 aliphatic heterocycles. The van der Waals surface area contributed by atoms with Crippen LogP contribution in [0.15, 0.2) is 43.0 Å². The van der Waals surface area contributed by atoms with Gasteiger partial charge >= 0.3 is 6.03 Å². The van der Waals surface area contributed by atoms with Crippen molar-refractivity contribution in [1.82, 2.24) is 9.55 Å². The van der Waals surface area contributed by atoms with Crippen LogP contribution >= 0.6 is 0 Å². The molecule has 5 heteroatoms. The lowest BCUT2D eigenvalue weighted by Crippen LogP contribution is -2.17. The van der Waals surface area contributed by atoms with Gasteiger partial charge in [-0.05, 0) is 30.7 Å². The van der Waals surface area contributed by atoms with Gasteiger partial charge in [0, 0.05) is 18.1 Å². The lowest BCUT2D eigenvalue weighted by Gasteiger charge is -2.07. The second-order valence-electron chi connectivity index (χ2n) is 3.77. The Morgan fingerprint density at radius 2 is 2.17 bits per heavy atom. The highest BCUT2D eigenvalue weighted by Gasteiger charge is 2.03. The maximum atomic E-state index is 11.7. The van der Waals surface area contributed by atoms with Crippen molar-refractivity contribution in [1.29, 1.82) is 0 Å². The fourth-order valence-corrected chi connectivity index (χ4v) is 1.42. The highest BCUT2D eigenvalue weighted by molar-refractivity contribution is 5.90. The average molecular weight is 245 g/mol. The maximum absolute atomic E-state index is 11.7. The summed E-state index contributed by atoms with van der Waals surface area (Å²) in [5.41, 5.74) is 0.720. The van der Waals surface area contributed by atoms with Gasteiger partial charge in [0.1, 0.15) is 12.1 Å². The van der Waals surface area contributed by atoms with Gasteiger partial charge in [-0.2, -0.15) is 0 Å². The van der Waals surface area contributed by atoms with Crippen molar-refractivity contribution in [2.24, 2.45) is 0 Å². The minimum absolute atomic E-state index is 0.241. The van der Waals surface area contributed by atoms with Crippen molar-refractivity contribution in [3.8, 4) is 5.75 Å². The van der Waals surface area contributed by atoms with E-state index in [1.807, 2.05) is 12.1 Å². The van der Waals surface area contributed by atoms with E-state index < -0.39 is 0 Å². The summed E-state index contributed by atoms with van der Waals surface area (Å²) in [6, 6.07) is 7.03. The van der Waals surface area contributed by atoms with Crippen molar-refractivity contribution in [2.75, 3.05) is 11.9 Å². The van der Waals surface area contributed by atoms with Crippen LogP contribution in [-0.2, 0) is 0 Å². The number of hydrogen-bond donors (Lipinski definition) is 1. The Labute approximate surface area is 105 Å². The SMILES string of the molecule is CCCOc1ccc(NC(=O)n2ccnc2)cc1. The molecule has 94 valence electrons. The van der Waals surface area contributed by atoms with E-state index >= 15 is 0 Å². The van der Waals surface area contributed by atoms with Crippen LogP contribution < -0.4 is 10.1 Å². The molecule has 0 bridgehead atoms. The summed E-state index contributed by atoms with van der Waals surface area (Å²) in [6.07, 6.45) is 5.57. The first kappa shape index (κ1) is 12.2. The minimum Gasteiger partial charge on any atom is -0.494 e. The summed E-state index contributed by atoms with van der Waals surface area (Å²) in [6.45, 7) is 2.75. The molecule has 2 rings (SSSR count). The Morgan fingerprint density at radius 1 is 1.39 bits per heavy atom. The standard InChI is InChI=1S/C13H15N3O2/c1-2-9-18-12-5-3-11(4-6-12)15-13(17)16-8-7-14-10-16/h3-8,10H,2,9H2,1H3,(H,15,17). The van der Waals surface area contributed by atoms with Crippen LogP contribution in [-0.4, -0.2) is 22.2 Å². The molecule has 0 saturated heterocycles. The largest absolute Gasteiger partial charge is 0.494 e. The zero-order valence-electron chi connectivity index (χ0n) is 10.2. The Hall–Kier alpha value is -2.30. The van der Waals surface area contributed by atoms with E-state index in [-0.39, 0.29) is 6.03 Å². The Kier molecular flexibility index (Phi) is 3.96. The fourth-order valence-electron chi connectivity index (χ4n) is 1.42. The first-order chi connectivity index (χ1) is 8.79. The lowest BCUT2D eigenvalue weighted by molar-refractivity contribution is 0.253. The lowest BCUT2D eigenvalue weighted by atomic mass is 10.3. The molecule has 1 amide bonds. The number of carbonyl (C=O) groups is 1. The van der Waals surface area contributed by atoms with Gasteiger partial charge in [-0.15, -0.1) is 0 Å². The third-order valence-electron chi connectivity index (χ3n) is 2.32. The normalized spacial score (nSPS) is 10.1. The summed E-state index contributed by atoms with van der Waals surface area (Å²) in [5.74, 6) is 0.803. The third-order valence-corrected chi connectivity index (χ3v) is 2.32. The zero-order chi connectivity index (χ0) is 12.8. The summed E-state index contributed by atoms with van der Waals surface area (Å²) < 4.78 is 6.84. The number of nitrogens with one attached hydrogen (secondary N) is 1. The fraction of sp³-hybridized carbons (Fsp3) is 0.231.